The molecule has 3 heterocycles. The molecule has 2 aromatic heterocycles. The molecule has 1 amide bonds. The summed E-state index contributed by atoms with van der Waals surface area (Å²) in [4.78, 5) is 11.8. The average molecular weight is 359 g/mol. The van der Waals surface area contributed by atoms with E-state index in [0.717, 1.165) is 5.56 Å². The van der Waals surface area contributed by atoms with Crippen molar-refractivity contribution in [3.63, 3.8) is 0 Å². The molecule has 0 fully saturated rings. The van der Waals surface area contributed by atoms with Gasteiger partial charge in [-0.3, -0.25) is 4.79 Å². The van der Waals surface area contributed by atoms with E-state index >= 15 is 0 Å². The summed E-state index contributed by atoms with van der Waals surface area (Å²) in [6, 6.07) is 8.94. The van der Waals surface area contributed by atoms with Crippen molar-refractivity contribution in [3.8, 4) is 23.0 Å². The Morgan fingerprint density at radius 2 is 2.12 bits per heavy atom. The Morgan fingerprint density at radius 1 is 1.20 bits per heavy atom. The lowest BCUT2D eigenvalue weighted by molar-refractivity contribution is -0.118. The molecule has 25 heavy (non-hydrogen) atoms. The Bertz CT molecular complexity index is 878. The third-order valence-electron chi connectivity index (χ3n) is 3.39. The van der Waals surface area contributed by atoms with Gasteiger partial charge in [-0.25, -0.2) is 0 Å². The van der Waals surface area contributed by atoms with Crippen LogP contribution in [-0.2, 0) is 11.3 Å². The second-order valence-electron chi connectivity index (χ2n) is 5.09. The van der Waals surface area contributed by atoms with Gasteiger partial charge in [0.05, 0.1) is 18.6 Å². The minimum Gasteiger partial charge on any atom is -0.467 e. The average Bonchev–Trinajstić information content (AvgIpc) is 3.39. The molecule has 1 aliphatic heterocycles. The Labute approximate surface area is 146 Å². The van der Waals surface area contributed by atoms with E-state index in [1.165, 1.54) is 11.8 Å². The standard InChI is InChI=1S/C16H13N3O5S/c20-14(17-7-11-2-1-5-21-11)8-25-16-19-18-15(24-16)10-3-4-12-13(6-10)23-9-22-12/h1-6H,7-9H2,(H,17,20). The van der Waals surface area contributed by atoms with Crippen molar-refractivity contribution < 1.29 is 23.1 Å². The first-order valence-corrected chi connectivity index (χ1v) is 8.42. The lowest BCUT2D eigenvalue weighted by Gasteiger charge is -2.01. The largest absolute Gasteiger partial charge is 0.467 e. The molecule has 0 atom stereocenters. The summed E-state index contributed by atoms with van der Waals surface area (Å²) in [5, 5.41) is 11.0. The van der Waals surface area contributed by atoms with E-state index in [1.54, 1.807) is 30.5 Å². The van der Waals surface area contributed by atoms with Gasteiger partial charge in [0.25, 0.3) is 5.22 Å². The van der Waals surface area contributed by atoms with E-state index in [9.17, 15) is 4.79 Å². The van der Waals surface area contributed by atoms with Crippen LogP contribution in [-0.4, -0.2) is 28.7 Å². The summed E-state index contributed by atoms with van der Waals surface area (Å²) in [7, 11) is 0. The van der Waals surface area contributed by atoms with Crippen LogP contribution in [0.2, 0.25) is 0 Å². The second kappa shape index (κ2) is 6.89. The van der Waals surface area contributed by atoms with Gasteiger partial charge < -0.3 is 23.6 Å². The highest BCUT2D eigenvalue weighted by Crippen LogP contribution is 2.35. The van der Waals surface area contributed by atoms with Gasteiger partial charge in [-0.2, -0.15) is 0 Å². The van der Waals surface area contributed by atoms with Crippen LogP contribution >= 0.6 is 11.8 Å². The number of hydrogen-bond acceptors (Lipinski definition) is 8. The van der Waals surface area contributed by atoms with Crippen molar-refractivity contribution in [2.45, 2.75) is 11.8 Å². The predicted molar refractivity (Wildman–Crippen MR) is 87.1 cm³/mol. The molecule has 1 aliphatic rings. The van der Waals surface area contributed by atoms with Crippen molar-refractivity contribution in [3.05, 3.63) is 42.4 Å². The molecule has 1 N–H and O–H groups in total. The lowest BCUT2D eigenvalue weighted by atomic mass is 10.2. The van der Waals surface area contributed by atoms with Gasteiger partial charge in [-0.15, -0.1) is 10.2 Å². The van der Waals surface area contributed by atoms with Crippen molar-refractivity contribution in [1.82, 2.24) is 15.5 Å². The molecule has 0 unspecified atom stereocenters. The van der Waals surface area contributed by atoms with E-state index in [2.05, 4.69) is 15.5 Å². The highest BCUT2D eigenvalue weighted by Gasteiger charge is 2.17. The van der Waals surface area contributed by atoms with Crippen molar-refractivity contribution in [1.29, 1.82) is 0 Å². The van der Waals surface area contributed by atoms with Gasteiger partial charge in [-0.05, 0) is 30.3 Å². The summed E-state index contributed by atoms with van der Waals surface area (Å²) in [5.74, 6) is 2.40. The Kier molecular flexibility index (Phi) is 4.30. The number of fused-ring (bicyclic) bond motifs is 1. The Hall–Kier alpha value is -2.94. The maximum Gasteiger partial charge on any atom is 0.277 e. The van der Waals surface area contributed by atoms with E-state index in [4.69, 9.17) is 18.3 Å². The number of nitrogens with one attached hydrogen (secondary N) is 1. The lowest BCUT2D eigenvalue weighted by Crippen LogP contribution is -2.24. The van der Waals surface area contributed by atoms with Crippen molar-refractivity contribution >= 4 is 17.7 Å². The van der Waals surface area contributed by atoms with Gasteiger partial charge >= 0.3 is 0 Å². The van der Waals surface area contributed by atoms with E-state index in [1.807, 2.05) is 6.07 Å². The van der Waals surface area contributed by atoms with Crippen LogP contribution < -0.4 is 14.8 Å². The number of thioether (sulfide) groups is 1. The number of benzene rings is 1. The van der Waals surface area contributed by atoms with E-state index in [-0.39, 0.29) is 18.5 Å². The molecule has 8 nitrogen and oxygen atoms in total. The molecule has 9 heteroatoms. The molecule has 0 radical (unpaired) electrons. The SMILES string of the molecule is O=C(CSc1nnc(-c2ccc3c(c2)OCO3)o1)NCc1ccco1. The van der Waals surface area contributed by atoms with Gasteiger partial charge in [0.15, 0.2) is 11.5 Å². The fraction of sp³-hybridized carbons (Fsp3) is 0.188. The van der Waals surface area contributed by atoms with E-state index < -0.39 is 0 Å². The smallest absolute Gasteiger partial charge is 0.277 e. The molecule has 0 saturated carbocycles. The zero-order valence-electron chi connectivity index (χ0n) is 12.9. The zero-order valence-corrected chi connectivity index (χ0v) is 13.7. The highest BCUT2D eigenvalue weighted by atomic mass is 32.2. The third kappa shape index (κ3) is 3.61. The van der Waals surface area contributed by atoms with Gasteiger partial charge in [0.2, 0.25) is 18.6 Å². The normalized spacial score (nSPS) is 12.3. The topological polar surface area (TPSA) is 99.6 Å². The molecule has 0 saturated heterocycles. The Balaban J connectivity index is 1.33. The maximum atomic E-state index is 11.8. The number of carbonyl (C=O) groups is 1. The van der Waals surface area contributed by atoms with E-state index in [0.29, 0.717) is 34.9 Å². The molecule has 0 aliphatic carbocycles. The van der Waals surface area contributed by atoms with Crippen LogP contribution in [0.4, 0.5) is 0 Å². The number of amides is 1. The van der Waals surface area contributed by atoms with Crippen LogP contribution in [0, 0.1) is 0 Å². The predicted octanol–water partition coefficient (Wildman–Crippen LogP) is 2.47. The first-order chi connectivity index (χ1) is 12.3. The third-order valence-corrected chi connectivity index (χ3v) is 4.21. The summed E-state index contributed by atoms with van der Waals surface area (Å²) >= 11 is 1.17. The number of carbonyl (C=O) groups excluding carboxylic acids is 1. The fourth-order valence-electron chi connectivity index (χ4n) is 2.19. The molecule has 128 valence electrons. The first-order valence-electron chi connectivity index (χ1n) is 7.43. The van der Waals surface area contributed by atoms with Gasteiger partial charge in [0, 0.05) is 5.56 Å². The second-order valence-corrected chi connectivity index (χ2v) is 6.01. The molecule has 4 rings (SSSR count). The number of furan rings is 1. The molecular formula is C16H13N3O5S. The van der Waals surface area contributed by atoms with Crippen LogP contribution in [0.15, 0.2) is 50.7 Å². The fourth-order valence-corrected chi connectivity index (χ4v) is 2.78. The molecule has 3 aromatic rings. The molecular weight excluding hydrogens is 346 g/mol. The highest BCUT2D eigenvalue weighted by molar-refractivity contribution is 7.99. The zero-order chi connectivity index (χ0) is 17.1. The first kappa shape index (κ1) is 15.6. The van der Waals surface area contributed by atoms with Gasteiger partial charge in [-0.1, -0.05) is 11.8 Å². The number of aromatic nitrogens is 2. The summed E-state index contributed by atoms with van der Waals surface area (Å²) in [6.07, 6.45) is 1.56. The summed E-state index contributed by atoms with van der Waals surface area (Å²) in [5.41, 5.74) is 0.728. The molecule has 0 spiro atoms. The van der Waals surface area contributed by atoms with Crippen LogP contribution in [0.3, 0.4) is 0 Å². The van der Waals surface area contributed by atoms with Crippen LogP contribution in [0.25, 0.3) is 11.5 Å². The quantitative estimate of drug-likeness (QED) is 0.670. The molecule has 0 bridgehead atoms. The number of hydrogen-bond donors (Lipinski definition) is 1. The number of ether oxygens (including phenoxy) is 2. The van der Waals surface area contributed by atoms with Crippen LogP contribution in [0.1, 0.15) is 5.76 Å². The summed E-state index contributed by atoms with van der Waals surface area (Å²) in [6.45, 7) is 0.551. The molecule has 1 aromatic carbocycles. The maximum absolute atomic E-state index is 11.8. The number of nitrogens with zero attached hydrogens (tertiary/aromatic N) is 2. The van der Waals surface area contributed by atoms with Gasteiger partial charge in [0.1, 0.15) is 5.76 Å². The number of rotatable bonds is 6. The van der Waals surface area contributed by atoms with Crippen LogP contribution in [0.5, 0.6) is 11.5 Å². The Morgan fingerprint density at radius 3 is 3.00 bits per heavy atom. The monoisotopic (exact) mass is 359 g/mol. The van der Waals surface area contributed by atoms with Crippen molar-refractivity contribution in [2.24, 2.45) is 0 Å². The summed E-state index contributed by atoms with van der Waals surface area (Å²) < 4.78 is 21.3. The minimum absolute atomic E-state index is 0.149. The minimum atomic E-state index is -0.149. The van der Waals surface area contributed by atoms with Crippen molar-refractivity contribution in [2.75, 3.05) is 12.5 Å².